The van der Waals surface area contributed by atoms with Crippen molar-refractivity contribution in [2.75, 3.05) is 18.6 Å². The van der Waals surface area contributed by atoms with E-state index in [9.17, 15) is 18.0 Å². The fourth-order valence-electron chi connectivity index (χ4n) is 1.11. The van der Waals surface area contributed by atoms with Gasteiger partial charge >= 0.3 is 0 Å². The number of rotatable bonds is 3. The van der Waals surface area contributed by atoms with Crippen LogP contribution in [0.25, 0.3) is 0 Å². The maximum absolute atomic E-state index is 11.3. The van der Waals surface area contributed by atoms with Crippen molar-refractivity contribution in [2.24, 2.45) is 0 Å². The van der Waals surface area contributed by atoms with Gasteiger partial charge in [-0.1, -0.05) is 0 Å². The lowest BCUT2D eigenvalue weighted by molar-refractivity contribution is -0.136. The summed E-state index contributed by atoms with van der Waals surface area (Å²) in [4.78, 5) is 23.4. The predicted octanol–water partition coefficient (Wildman–Crippen LogP) is -0.654. The summed E-state index contributed by atoms with van der Waals surface area (Å²) >= 11 is 0. The third kappa shape index (κ3) is 2.41. The zero-order valence-corrected chi connectivity index (χ0v) is 8.80. The van der Waals surface area contributed by atoms with Crippen LogP contribution in [0.15, 0.2) is 11.6 Å². The Kier molecular flexibility index (Phi) is 2.75. The van der Waals surface area contributed by atoms with Crippen LogP contribution in [0.1, 0.15) is 6.92 Å². The van der Waals surface area contributed by atoms with Gasteiger partial charge in [0.05, 0.1) is 5.75 Å². The van der Waals surface area contributed by atoms with Crippen molar-refractivity contribution >= 4 is 21.7 Å². The molecule has 0 atom stereocenters. The molecule has 1 rings (SSSR count). The van der Waals surface area contributed by atoms with E-state index in [-0.39, 0.29) is 12.3 Å². The van der Waals surface area contributed by atoms with Gasteiger partial charge in [0.15, 0.2) is 0 Å². The molecule has 0 unspecified atom stereocenters. The molecule has 0 N–H and O–H groups in total. The number of nitrogens with zero attached hydrogens (tertiary/aromatic N) is 1. The maximum atomic E-state index is 11.3. The van der Waals surface area contributed by atoms with E-state index in [1.54, 1.807) is 0 Å². The molecule has 0 aromatic heterocycles. The molecular weight excluding hydrogens is 206 g/mol. The number of hydrogen-bond acceptors (Lipinski definition) is 4. The van der Waals surface area contributed by atoms with Gasteiger partial charge in [-0.15, -0.1) is 0 Å². The van der Waals surface area contributed by atoms with Crippen LogP contribution in [0.2, 0.25) is 0 Å². The fraction of sp³-hybridized carbons (Fsp3) is 0.500. The fourth-order valence-corrected chi connectivity index (χ4v) is 1.62. The summed E-state index contributed by atoms with van der Waals surface area (Å²) in [5, 5.41) is 0. The average Bonchev–Trinajstić information content (AvgIpc) is 2.23. The topological polar surface area (TPSA) is 71.5 Å². The van der Waals surface area contributed by atoms with Gasteiger partial charge < -0.3 is 0 Å². The highest BCUT2D eigenvalue weighted by molar-refractivity contribution is 7.90. The Bertz CT molecular complexity index is 407. The molecule has 0 aromatic carbocycles. The van der Waals surface area contributed by atoms with Gasteiger partial charge in [0.2, 0.25) is 0 Å². The number of carbonyl (C=O) groups excluding carboxylic acids is 2. The first-order valence-electron chi connectivity index (χ1n) is 4.03. The second kappa shape index (κ2) is 3.53. The molecule has 14 heavy (non-hydrogen) atoms. The molecule has 0 aliphatic carbocycles. The summed E-state index contributed by atoms with van der Waals surface area (Å²) < 4.78 is 21.6. The van der Waals surface area contributed by atoms with Crippen LogP contribution in [0.3, 0.4) is 0 Å². The summed E-state index contributed by atoms with van der Waals surface area (Å²) in [6.07, 6.45) is 2.28. The molecule has 2 amide bonds. The molecule has 78 valence electrons. The van der Waals surface area contributed by atoms with E-state index >= 15 is 0 Å². The molecule has 6 heteroatoms. The molecule has 0 spiro atoms. The third-order valence-electron chi connectivity index (χ3n) is 1.87. The summed E-state index contributed by atoms with van der Waals surface area (Å²) in [5.74, 6) is -1.03. The molecule has 0 saturated heterocycles. The van der Waals surface area contributed by atoms with Crippen LogP contribution >= 0.6 is 0 Å². The van der Waals surface area contributed by atoms with Gasteiger partial charge in [-0.25, -0.2) is 8.42 Å². The van der Waals surface area contributed by atoms with Crippen LogP contribution in [-0.2, 0) is 19.4 Å². The monoisotopic (exact) mass is 217 g/mol. The lowest BCUT2D eigenvalue weighted by Crippen LogP contribution is -2.34. The zero-order valence-electron chi connectivity index (χ0n) is 7.98. The van der Waals surface area contributed by atoms with E-state index < -0.39 is 21.7 Å². The highest BCUT2D eigenvalue weighted by Gasteiger charge is 2.28. The molecule has 0 bridgehead atoms. The van der Waals surface area contributed by atoms with Gasteiger partial charge in [0, 0.05) is 24.4 Å². The van der Waals surface area contributed by atoms with Crippen molar-refractivity contribution in [3.63, 3.8) is 0 Å². The zero-order chi connectivity index (χ0) is 10.9. The first-order valence-corrected chi connectivity index (χ1v) is 6.09. The van der Waals surface area contributed by atoms with Crippen molar-refractivity contribution in [3.8, 4) is 0 Å². The minimum absolute atomic E-state index is 0.0651. The second-order valence-corrected chi connectivity index (χ2v) is 5.51. The summed E-state index contributed by atoms with van der Waals surface area (Å²) in [6, 6.07) is 0. The Labute approximate surface area is 82.3 Å². The van der Waals surface area contributed by atoms with E-state index in [0.29, 0.717) is 5.57 Å². The average molecular weight is 217 g/mol. The van der Waals surface area contributed by atoms with Gasteiger partial charge in [-0.3, -0.25) is 14.5 Å². The molecule has 1 aliphatic rings. The number of imide groups is 1. The van der Waals surface area contributed by atoms with Gasteiger partial charge in [-0.05, 0) is 6.92 Å². The number of amides is 2. The molecule has 5 nitrogen and oxygen atoms in total. The number of hydrogen-bond donors (Lipinski definition) is 0. The van der Waals surface area contributed by atoms with Crippen molar-refractivity contribution < 1.29 is 18.0 Å². The van der Waals surface area contributed by atoms with E-state index in [1.807, 2.05) is 0 Å². The lowest BCUT2D eigenvalue weighted by Gasteiger charge is -2.12. The Hall–Kier alpha value is -1.17. The SMILES string of the molecule is CC1=CC(=O)N(CCS(C)(=O)=O)C1=O. The quantitative estimate of drug-likeness (QED) is 0.589. The maximum Gasteiger partial charge on any atom is 0.256 e. The standard InChI is InChI=1S/C8H11NO4S/c1-6-5-7(10)9(8(6)11)3-4-14(2,12)13/h5H,3-4H2,1-2H3. The van der Waals surface area contributed by atoms with E-state index in [1.165, 1.54) is 13.0 Å². The van der Waals surface area contributed by atoms with Crippen molar-refractivity contribution in [2.45, 2.75) is 6.92 Å². The summed E-state index contributed by atoms with van der Waals surface area (Å²) in [7, 11) is -3.15. The number of sulfone groups is 1. The minimum Gasteiger partial charge on any atom is -0.274 e. The van der Waals surface area contributed by atoms with Crippen LogP contribution in [0.5, 0.6) is 0 Å². The Balaban J connectivity index is 2.66. The van der Waals surface area contributed by atoms with Crippen LogP contribution in [0.4, 0.5) is 0 Å². The second-order valence-electron chi connectivity index (χ2n) is 3.25. The first-order chi connectivity index (χ1) is 6.31. The lowest BCUT2D eigenvalue weighted by atomic mass is 10.3. The highest BCUT2D eigenvalue weighted by atomic mass is 32.2. The predicted molar refractivity (Wildman–Crippen MR) is 50.2 cm³/mol. The molecule has 1 aliphatic heterocycles. The van der Waals surface area contributed by atoms with Crippen LogP contribution in [-0.4, -0.2) is 43.7 Å². The third-order valence-corrected chi connectivity index (χ3v) is 2.80. The molecular formula is C8H11NO4S. The van der Waals surface area contributed by atoms with Crippen molar-refractivity contribution in [3.05, 3.63) is 11.6 Å². The molecule has 0 aromatic rings. The molecule has 1 heterocycles. The number of carbonyl (C=O) groups is 2. The van der Waals surface area contributed by atoms with E-state index in [4.69, 9.17) is 0 Å². The first kappa shape index (κ1) is 10.9. The molecule has 0 fully saturated rings. The highest BCUT2D eigenvalue weighted by Crippen LogP contribution is 2.11. The Morgan fingerprint density at radius 1 is 1.36 bits per heavy atom. The normalized spacial score (nSPS) is 17.6. The molecule has 0 saturated carbocycles. The van der Waals surface area contributed by atoms with Crippen molar-refractivity contribution in [1.29, 1.82) is 0 Å². The summed E-state index contributed by atoms with van der Waals surface area (Å²) in [6.45, 7) is 1.46. The van der Waals surface area contributed by atoms with E-state index in [2.05, 4.69) is 0 Å². The van der Waals surface area contributed by atoms with Crippen LogP contribution in [0, 0.1) is 0 Å². The molecule has 0 radical (unpaired) electrons. The van der Waals surface area contributed by atoms with Gasteiger partial charge in [0.25, 0.3) is 11.8 Å². The Morgan fingerprint density at radius 3 is 2.29 bits per heavy atom. The van der Waals surface area contributed by atoms with Gasteiger partial charge in [0.1, 0.15) is 9.84 Å². The summed E-state index contributed by atoms with van der Waals surface area (Å²) in [5.41, 5.74) is 0.350. The Morgan fingerprint density at radius 2 is 1.93 bits per heavy atom. The van der Waals surface area contributed by atoms with Gasteiger partial charge in [-0.2, -0.15) is 0 Å². The minimum atomic E-state index is -3.15. The van der Waals surface area contributed by atoms with E-state index in [0.717, 1.165) is 11.2 Å². The van der Waals surface area contributed by atoms with Crippen molar-refractivity contribution in [1.82, 2.24) is 4.90 Å². The van der Waals surface area contributed by atoms with Crippen LogP contribution < -0.4 is 0 Å². The largest absolute Gasteiger partial charge is 0.274 e. The smallest absolute Gasteiger partial charge is 0.256 e.